The highest BCUT2D eigenvalue weighted by Crippen LogP contribution is 2.32. The lowest BCUT2D eigenvalue weighted by Crippen LogP contribution is -2.45. The van der Waals surface area contributed by atoms with E-state index in [1.807, 2.05) is 18.2 Å². The van der Waals surface area contributed by atoms with Crippen LogP contribution in [0.15, 0.2) is 61.2 Å². The number of allylic oxidation sites excluding steroid dienone is 1. The van der Waals surface area contributed by atoms with Crippen molar-refractivity contribution in [3.8, 4) is 11.1 Å². The lowest BCUT2D eigenvalue weighted by Gasteiger charge is -2.35. The summed E-state index contributed by atoms with van der Waals surface area (Å²) >= 11 is 0. The van der Waals surface area contributed by atoms with Crippen LogP contribution in [0.1, 0.15) is 42.9 Å². The van der Waals surface area contributed by atoms with Crippen molar-refractivity contribution in [3.63, 3.8) is 0 Å². The van der Waals surface area contributed by atoms with Gasteiger partial charge in [-0.15, -0.1) is 19.0 Å². The molecule has 30 heavy (non-hydrogen) atoms. The Morgan fingerprint density at radius 3 is 2.03 bits per heavy atom. The first-order valence-corrected chi connectivity index (χ1v) is 10.3. The second kappa shape index (κ2) is 11.5. The normalized spacial score (nSPS) is 16.0. The number of halogens is 4. The molecule has 0 saturated carbocycles. The first-order valence-electron chi connectivity index (χ1n) is 10.3. The summed E-state index contributed by atoms with van der Waals surface area (Å²) in [4.78, 5) is 2.54. The topological polar surface area (TPSA) is 15.3 Å². The van der Waals surface area contributed by atoms with E-state index in [4.69, 9.17) is 0 Å². The van der Waals surface area contributed by atoms with Crippen LogP contribution in [-0.4, -0.2) is 31.1 Å². The minimum Gasteiger partial charge on any atom is -0.314 e. The molecule has 0 radical (unpaired) electrons. The summed E-state index contributed by atoms with van der Waals surface area (Å²) < 4.78 is 38.3. The van der Waals surface area contributed by atoms with Gasteiger partial charge in [-0.05, 0) is 48.1 Å². The van der Waals surface area contributed by atoms with Crippen LogP contribution >= 0.6 is 12.4 Å². The van der Waals surface area contributed by atoms with Gasteiger partial charge in [0.15, 0.2) is 0 Å². The van der Waals surface area contributed by atoms with E-state index in [9.17, 15) is 13.2 Å². The Balaban J connectivity index is 0.00000320. The van der Waals surface area contributed by atoms with Gasteiger partial charge in [-0.1, -0.05) is 48.9 Å². The van der Waals surface area contributed by atoms with E-state index in [1.54, 1.807) is 12.1 Å². The second-order valence-electron chi connectivity index (χ2n) is 7.57. The molecule has 1 aliphatic heterocycles. The SMILES string of the molecule is C=CCCCC[C@@H](c1ccc(-c2ccc(C(F)(F)F)cc2)cc1)N1CCNCC1.Cl. The van der Waals surface area contributed by atoms with Crippen LogP contribution in [0, 0.1) is 0 Å². The summed E-state index contributed by atoms with van der Waals surface area (Å²) in [5.74, 6) is 0. The Morgan fingerprint density at radius 2 is 1.50 bits per heavy atom. The van der Waals surface area contributed by atoms with Gasteiger partial charge in [0, 0.05) is 32.2 Å². The van der Waals surface area contributed by atoms with E-state index in [2.05, 4.69) is 28.9 Å². The van der Waals surface area contributed by atoms with Crippen molar-refractivity contribution < 1.29 is 13.2 Å². The van der Waals surface area contributed by atoms with Gasteiger partial charge in [0.05, 0.1) is 5.56 Å². The summed E-state index contributed by atoms with van der Waals surface area (Å²) in [6.07, 6.45) is 2.12. The Kier molecular flexibility index (Phi) is 9.40. The number of nitrogens with one attached hydrogen (secondary N) is 1. The molecule has 1 heterocycles. The van der Waals surface area contributed by atoms with Gasteiger partial charge in [0.2, 0.25) is 0 Å². The van der Waals surface area contributed by atoms with Crippen molar-refractivity contribution >= 4 is 12.4 Å². The number of unbranched alkanes of at least 4 members (excludes halogenated alkanes) is 2. The molecule has 0 spiro atoms. The lowest BCUT2D eigenvalue weighted by atomic mass is 9.95. The number of benzene rings is 2. The van der Waals surface area contributed by atoms with Crippen molar-refractivity contribution in [3.05, 3.63) is 72.3 Å². The van der Waals surface area contributed by atoms with Gasteiger partial charge in [-0.25, -0.2) is 0 Å². The lowest BCUT2D eigenvalue weighted by molar-refractivity contribution is -0.137. The van der Waals surface area contributed by atoms with Crippen LogP contribution in [0.5, 0.6) is 0 Å². The third-order valence-electron chi connectivity index (χ3n) is 5.57. The van der Waals surface area contributed by atoms with Crippen LogP contribution in [0.25, 0.3) is 11.1 Å². The number of nitrogens with zero attached hydrogens (tertiary/aromatic N) is 1. The molecule has 164 valence electrons. The Labute approximate surface area is 183 Å². The van der Waals surface area contributed by atoms with Crippen molar-refractivity contribution in [1.82, 2.24) is 10.2 Å². The van der Waals surface area contributed by atoms with Crippen LogP contribution in [0.2, 0.25) is 0 Å². The molecule has 0 amide bonds. The zero-order valence-corrected chi connectivity index (χ0v) is 17.9. The molecule has 2 nitrogen and oxygen atoms in total. The fraction of sp³-hybridized carbons (Fsp3) is 0.417. The Morgan fingerprint density at radius 1 is 0.933 bits per heavy atom. The Hall–Kier alpha value is -1.82. The third kappa shape index (κ3) is 6.59. The summed E-state index contributed by atoms with van der Waals surface area (Å²) in [6.45, 7) is 7.88. The van der Waals surface area contributed by atoms with Crippen LogP contribution in [0.3, 0.4) is 0 Å². The molecular weight excluding hydrogens is 409 g/mol. The molecule has 0 aliphatic carbocycles. The number of hydrogen-bond acceptors (Lipinski definition) is 2. The summed E-state index contributed by atoms with van der Waals surface area (Å²) in [5.41, 5.74) is 2.40. The summed E-state index contributed by atoms with van der Waals surface area (Å²) in [7, 11) is 0. The van der Waals surface area contributed by atoms with Gasteiger partial charge in [0.1, 0.15) is 0 Å². The van der Waals surface area contributed by atoms with Crippen molar-refractivity contribution in [1.29, 1.82) is 0 Å². The predicted molar refractivity (Wildman–Crippen MR) is 120 cm³/mol. The van der Waals surface area contributed by atoms with Crippen molar-refractivity contribution in [2.24, 2.45) is 0 Å². The molecule has 2 aromatic carbocycles. The van der Waals surface area contributed by atoms with E-state index in [1.165, 1.54) is 5.56 Å². The number of alkyl halides is 3. The molecule has 1 N–H and O–H groups in total. The smallest absolute Gasteiger partial charge is 0.314 e. The van der Waals surface area contributed by atoms with Gasteiger partial charge >= 0.3 is 6.18 Å². The molecule has 2 aromatic rings. The summed E-state index contributed by atoms with van der Waals surface area (Å²) in [5, 5.41) is 3.41. The summed E-state index contributed by atoms with van der Waals surface area (Å²) in [6, 6.07) is 14.1. The number of piperazine rings is 1. The van der Waals surface area contributed by atoms with E-state index >= 15 is 0 Å². The fourth-order valence-electron chi connectivity index (χ4n) is 3.93. The molecule has 1 aliphatic rings. The molecule has 0 unspecified atom stereocenters. The van der Waals surface area contributed by atoms with Gasteiger partial charge in [-0.2, -0.15) is 13.2 Å². The minimum atomic E-state index is -4.30. The average Bonchev–Trinajstić information content (AvgIpc) is 2.74. The number of hydrogen-bond donors (Lipinski definition) is 1. The zero-order valence-electron chi connectivity index (χ0n) is 17.1. The first-order chi connectivity index (χ1) is 14.0. The van der Waals surface area contributed by atoms with E-state index < -0.39 is 11.7 Å². The van der Waals surface area contributed by atoms with Gasteiger partial charge < -0.3 is 5.32 Å². The molecule has 6 heteroatoms. The van der Waals surface area contributed by atoms with Crippen molar-refractivity contribution in [2.75, 3.05) is 26.2 Å². The highest BCUT2D eigenvalue weighted by atomic mass is 35.5. The maximum atomic E-state index is 12.8. The third-order valence-corrected chi connectivity index (χ3v) is 5.57. The van der Waals surface area contributed by atoms with Crippen LogP contribution in [0.4, 0.5) is 13.2 Å². The highest BCUT2D eigenvalue weighted by Gasteiger charge is 2.30. The molecule has 1 atom stereocenters. The average molecular weight is 439 g/mol. The highest BCUT2D eigenvalue weighted by molar-refractivity contribution is 5.85. The monoisotopic (exact) mass is 438 g/mol. The quantitative estimate of drug-likeness (QED) is 0.374. The van der Waals surface area contributed by atoms with E-state index in [0.717, 1.165) is 75.1 Å². The van der Waals surface area contributed by atoms with Gasteiger partial charge in [0.25, 0.3) is 0 Å². The Bertz CT molecular complexity index is 767. The van der Waals surface area contributed by atoms with Crippen molar-refractivity contribution in [2.45, 2.75) is 37.9 Å². The first kappa shape index (κ1) is 24.4. The molecule has 0 bridgehead atoms. The molecular formula is C24H30ClF3N2. The van der Waals surface area contributed by atoms with Gasteiger partial charge in [-0.3, -0.25) is 4.90 Å². The predicted octanol–water partition coefficient (Wildman–Crippen LogP) is 6.49. The minimum absolute atomic E-state index is 0. The van der Waals surface area contributed by atoms with Crippen LogP contribution in [-0.2, 0) is 6.18 Å². The zero-order chi connectivity index (χ0) is 20.7. The van der Waals surface area contributed by atoms with Crippen LogP contribution < -0.4 is 5.32 Å². The molecule has 1 saturated heterocycles. The number of rotatable bonds is 8. The molecule has 1 fully saturated rings. The molecule has 0 aromatic heterocycles. The second-order valence-corrected chi connectivity index (χ2v) is 7.57. The molecule has 3 rings (SSSR count). The largest absolute Gasteiger partial charge is 0.416 e. The maximum absolute atomic E-state index is 12.8. The fourth-order valence-corrected chi connectivity index (χ4v) is 3.93. The van der Waals surface area contributed by atoms with E-state index in [-0.39, 0.29) is 12.4 Å². The maximum Gasteiger partial charge on any atom is 0.416 e. The standard InChI is InChI=1S/C24H29F3N2.ClH/c1-2-3-4-5-6-23(29-17-15-28-16-18-29)21-9-7-19(8-10-21)20-11-13-22(14-12-20)24(25,26)27;/h2,7-14,23,28H,1,3-6,15-18H2;1H/t23-;/m0./s1. The van der Waals surface area contributed by atoms with E-state index in [0.29, 0.717) is 6.04 Å².